The predicted octanol–water partition coefficient (Wildman–Crippen LogP) is 4.20. The number of rotatable bonds is 6. The van der Waals surface area contributed by atoms with Crippen LogP contribution in [0, 0.1) is 11.8 Å². The topological polar surface area (TPSA) is 32.3 Å². The molecule has 26 heavy (non-hydrogen) atoms. The Labute approximate surface area is 160 Å². The van der Waals surface area contributed by atoms with Gasteiger partial charge in [0.15, 0.2) is 0 Å². The van der Waals surface area contributed by atoms with E-state index in [1.807, 2.05) is 0 Å². The van der Waals surface area contributed by atoms with Crippen molar-refractivity contribution in [2.45, 2.75) is 18.8 Å². The molecule has 0 spiro atoms. The molecule has 1 N–H and O–H groups in total. The van der Waals surface area contributed by atoms with Crippen LogP contribution in [0.4, 0.5) is 0 Å². The summed E-state index contributed by atoms with van der Waals surface area (Å²) in [5.74, 6) is 2.41. The standard InChI is InChI=1S/C22H25ClN2O/c23-19-9-7-17(8-10-19)22(26)24-11-4-12-25-14-18-13-20(21(18)15-25)16-5-2-1-3-6-16/h1-3,5-10,18,20-21H,4,11-15H2,(H,24,26). The Hall–Kier alpha value is -1.84. The molecule has 3 atom stereocenters. The van der Waals surface area contributed by atoms with Crippen molar-refractivity contribution in [3.63, 3.8) is 0 Å². The van der Waals surface area contributed by atoms with Gasteiger partial charge in [-0.3, -0.25) is 4.79 Å². The molecule has 1 heterocycles. The zero-order chi connectivity index (χ0) is 17.9. The molecule has 2 aliphatic rings. The maximum absolute atomic E-state index is 12.1. The molecule has 2 aromatic carbocycles. The number of likely N-dealkylation sites (tertiary alicyclic amines) is 1. The zero-order valence-corrected chi connectivity index (χ0v) is 15.7. The van der Waals surface area contributed by atoms with Crippen molar-refractivity contribution in [3.05, 3.63) is 70.7 Å². The van der Waals surface area contributed by atoms with Crippen LogP contribution in [0.15, 0.2) is 54.6 Å². The Kier molecular flexibility index (Phi) is 5.28. The summed E-state index contributed by atoms with van der Waals surface area (Å²) in [5.41, 5.74) is 2.17. The Morgan fingerprint density at radius 3 is 2.62 bits per heavy atom. The lowest BCUT2D eigenvalue weighted by atomic mass is 9.64. The number of nitrogens with one attached hydrogen (secondary N) is 1. The van der Waals surface area contributed by atoms with Crippen molar-refractivity contribution in [1.29, 1.82) is 0 Å². The minimum atomic E-state index is -0.0210. The van der Waals surface area contributed by atoms with Crippen LogP contribution in [0.5, 0.6) is 0 Å². The van der Waals surface area contributed by atoms with Gasteiger partial charge < -0.3 is 10.2 Å². The van der Waals surface area contributed by atoms with Gasteiger partial charge in [-0.25, -0.2) is 0 Å². The fourth-order valence-electron chi connectivity index (χ4n) is 4.47. The second kappa shape index (κ2) is 7.81. The van der Waals surface area contributed by atoms with E-state index in [-0.39, 0.29) is 5.91 Å². The van der Waals surface area contributed by atoms with Crippen molar-refractivity contribution in [2.24, 2.45) is 11.8 Å². The first-order valence-electron chi connectivity index (χ1n) is 9.52. The maximum Gasteiger partial charge on any atom is 0.251 e. The van der Waals surface area contributed by atoms with Gasteiger partial charge in [0.25, 0.3) is 5.91 Å². The van der Waals surface area contributed by atoms with E-state index in [0.717, 1.165) is 37.3 Å². The minimum absolute atomic E-state index is 0.0210. The van der Waals surface area contributed by atoms with Crippen molar-refractivity contribution >= 4 is 17.5 Å². The fourth-order valence-corrected chi connectivity index (χ4v) is 4.60. The highest BCUT2D eigenvalue weighted by atomic mass is 35.5. The molecule has 3 unspecified atom stereocenters. The normalized spacial score (nSPS) is 24.7. The van der Waals surface area contributed by atoms with Gasteiger partial charge in [-0.15, -0.1) is 0 Å². The molecule has 1 aliphatic heterocycles. The Balaban J connectivity index is 1.19. The third-order valence-electron chi connectivity index (χ3n) is 5.91. The van der Waals surface area contributed by atoms with Crippen LogP contribution in [-0.4, -0.2) is 37.0 Å². The number of amides is 1. The summed E-state index contributed by atoms with van der Waals surface area (Å²) in [7, 11) is 0. The first-order chi connectivity index (χ1) is 12.7. The predicted molar refractivity (Wildman–Crippen MR) is 106 cm³/mol. The van der Waals surface area contributed by atoms with E-state index < -0.39 is 0 Å². The van der Waals surface area contributed by atoms with Gasteiger partial charge in [-0.05, 0) is 67.0 Å². The molecule has 2 fully saturated rings. The average Bonchev–Trinajstić information content (AvgIpc) is 2.96. The quantitative estimate of drug-likeness (QED) is 0.775. The Morgan fingerprint density at radius 1 is 1.08 bits per heavy atom. The molecule has 0 radical (unpaired) electrons. The highest BCUT2D eigenvalue weighted by Crippen LogP contribution is 2.51. The lowest BCUT2D eigenvalue weighted by Gasteiger charge is -2.40. The molecule has 1 saturated carbocycles. The Morgan fingerprint density at radius 2 is 1.85 bits per heavy atom. The van der Waals surface area contributed by atoms with Crippen LogP contribution in [0.1, 0.15) is 34.7 Å². The summed E-state index contributed by atoms with van der Waals surface area (Å²) in [6.45, 7) is 4.21. The molecule has 1 saturated heterocycles. The number of fused-ring (bicyclic) bond motifs is 1. The van der Waals surface area contributed by atoms with Crippen molar-refractivity contribution in [3.8, 4) is 0 Å². The van der Waals surface area contributed by atoms with Gasteiger partial charge in [0, 0.05) is 30.2 Å². The highest BCUT2D eigenvalue weighted by Gasteiger charge is 2.46. The number of benzene rings is 2. The summed E-state index contributed by atoms with van der Waals surface area (Å²) in [5, 5.41) is 3.66. The van der Waals surface area contributed by atoms with E-state index in [9.17, 15) is 4.79 Å². The summed E-state index contributed by atoms with van der Waals surface area (Å²) in [6.07, 6.45) is 2.33. The van der Waals surface area contributed by atoms with Crippen LogP contribution < -0.4 is 5.32 Å². The number of hydrogen-bond acceptors (Lipinski definition) is 2. The summed E-state index contributed by atoms with van der Waals surface area (Å²) in [4.78, 5) is 14.7. The van der Waals surface area contributed by atoms with Crippen LogP contribution in [0.3, 0.4) is 0 Å². The number of halogens is 1. The smallest absolute Gasteiger partial charge is 0.251 e. The molecular formula is C22H25ClN2O. The number of hydrogen-bond donors (Lipinski definition) is 1. The largest absolute Gasteiger partial charge is 0.352 e. The van der Waals surface area contributed by atoms with E-state index in [2.05, 4.69) is 40.5 Å². The Bertz CT molecular complexity index is 746. The lowest BCUT2D eigenvalue weighted by Crippen LogP contribution is -2.33. The fraction of sp³-hybridized carbons (Fsp3) is 0.409. The molecular weight excluding hydrogens is 344 g/mol. The summed E-state index contributed by atoms with van der Waals surface area (Å²) >= 11 is 5.86. The monoisotopic (exact) mass is 368 g/mol. The van der Waals surface area contributed by atoms with Gasteiger partial charge in [0.05, 0.1) is 0 Å². The number of carbonyl (C=O) groups is 1. The van der Waals surface area contributed by atoms with Gasteiger partial charge in [0.2, 0.25) is 0 Å². The second-order valence-electron chi connectivity index (χ2n) is 7.55. The summed E-state index contributed by atoms with van der Waals surface area (Å²) in [6, 6.07) is 18.0. The molecule has 3 nitrogen and oxygen atoms in total. The number of carbonyl (C=O) groups excluding carboxylic acids is 1. The molecule has 0 bridgehead atoms. The minimum Gasteiger partial charge on any atom is -0.352 e. The van der Waals surface area contributed by atoms with Crippen molar-refractivity contribution in [1.82, 2.24) is 10.2 Å². The molecule has 4 rings (SSSR count). The van der Waals surface area contributed by atoms with E-state index in [1.165, 1.54) is 25.1 Å². The van der Waals surface area contributed by atoms with Crippen LogP contribution in [-0.2, 0) is 0 Å². The van der Waals surface area contributed by atoms with Gasteiger partial charge >= 0.3 is 0 Å². The van der Waals surface area contributed by atoms with Crippen molar-refractivity contribution in [2.75, 3.05) is 26.2 Å². The molecule has 1 aliphatic carbocycles. The zero-order valence-electron chi connectivity index (χ0n) is 14.9. The SMILES string of the molecule is O=C(NCCCN1CC2CC(c3ccccc3)C2C1)c1ccc(Cl)cc1. The third-order valence-corrected chi connectivity index (χ3v) is 6.16. The average molecular weight is 369 g/mol. The summed E-state index contributed by atoms with van der Waals surface area (Å²) < 4.78 is 0. The molecule has 4 heteroatoms. The van der Waals surface area contributed by atoms with Gasteiger partial charge in [-0.1, -0.05) is 41.9 Å². The van der Waals surface area contributed by atoms with E-state index >= 15 is 0 Å². The first kappa shape index (κ1) is 17.6. The van der Waals surface area contributed by atoms with Crippen LogP contribution in [0.2, 0.25) is 5.02 Å². The third kappa shape index (κ3) is 3.79. The molecule has 136 valence electrons. The highest BCUT2D eigenvalue weighted by molar-refractivity contribution is 6.30. The van der Waals surface area contributed by atoms with Crippen LogP contribution >= 0.6 is 11.6 Å². The van der Waals surface area contributed by atoms with Gasteiger partial charge in [0.1, 0.15) is 0 Å². The van der Waals surface area contributed by atoms with E-state index in [4.69, 9.17) is 11.6 Å². The second-order valence-corrected chi connectivity index (χ2v) is 7.99. The van der Waals surface area contributed by atoms with E-state index in [1.54, 1.807) is 24.3 Å². The van der Waals surface area contributed by atoms with Crippen LogP contribution in [0.25, 0.3) is 0 Å². The van der Waals surface area contributed by atoms with Gasteiger partial charge in [-0.2, -0.15) is 0 Å². The molecule has 0 aromatic heterocycles. The molecule has 1 amide bonds. The van der Waals surface area contributed by atoms with E-state index in [0.29, 0.717) is 10.6 Å². The van der Waals surface area contributed by atoms with Crippen molar-refractivity contribution < 1.29 is 4.79 Å². The maximum atomic E-state index is 12.1. The molecule has 2 aromatic rings. The number of nitrogens with zero attached hydrogens (tertiary/aromatic N) is 1. The first-order valence-corrected chi connectivity index (χ1v) is 9.89. The lowest BCUT2D eigenvalue weighted by molar-refractivity contribution is 0.0952.